The number of hydrogen-bond acceptors (Lipinski definition) is 4. The van der Waals surface area contributed by atoms with Crippen LogP contribution in [0.25, 0.3) is 0 Å². The molecule has 0 aromatic heterocycles. The molecule has 1 aliphatic rings. The molecule has 0 saturated carbocycles. The lowest BCUT2D eigenvalue weighted by atomic mass is 9.99. The van der Waals surface area contributed by atoms with Crippen LogP contribution in [0.4, 0.5) is 0 Å². The molecule has 7 heteroatoms. The summed E-state index contributed by atoms with van der Waals surface area (Å²) in [5.41, 5.74) is 1.19. The average Bonchev–Trinajstić information content (AvgIpc) is 2.83. The zero-order valence-corrected chi connectivity index (χ0v) is 15.5. The summed E-state index contributed by atoms with van der Waals surface area (Å²) in [6.07, 6.45) is 0.697. The molecular formula is C19H19Cl2NO4. The number of halogens is 2. The maximum Gasteiger partial charge on any atom is 0.257 e. The Morgan fingerprint density at radius 1 is 1.15 bits per heavy atom. The SMILES string of the molecule is O=C(c1ccc(O)cc1O)N1CCOCC(Cc2ccc(Cl)c(Cl)c2)C1. The van der Waals surface area contributed by atoms with Gasteiger partial charge in [0.2, 0.25) is 0 Å². The molecule has 1 heterocycles. The van der Waals surface area contributed by atoms with Crippen molar-refractivity contribution in [3.05, 3.63) is 57.6 Å². The lowest BCUT2D eigenvalue weighted by Gasteiger charge is -2.24. The Kier molecular flexibility index (Phi) is 5.91. The zero-order valence-electron chi connectivity index (χ0n) is 14.0. The molecule has 0 radical (unpaired) electrons. The van der Waals surface area contributed by atoms with E-state index in [9.17, 15) is 15.0 Å². The van der Waals surface area contributed by atoms with Gasteiger partial charge in [0.25, 0.3) is 5.91 Å². The second kappa shape index (κ2) is 8.16. The summed E-state index contributed by atoms with van der Waals surface area (Å²) in [7, 11) is 0. The van der Waals surface area contributed by atoms with Crippen molar-refractivity contribution in [2.24, 2.45) is 5.92 Å². The highest BCUT2D eigenvalue weighted by molar-refractivity contribution is 6.42. The Hall–Kier alpha value is -1.95. The van der Waals surface area contributed by atoms with Gasteiger partial charge in [0, 0.05) is 25.1 Å². The van der Waals surface area contributed by atoms with Gasteiger partial charge in [0.1, 0.15) is 11.5 Å². The monoisotopic (exact) mass is 395 g/mol. The van der Waals surface area contributed by atoms with Crippen LogP contribution in [0.2, 0.25) is 10.0 Å². The second-order valence-electron chi connectivity index (χ2n) is 6.35. The molecular weight excluding hydrogens is 377 g/mol. The first-order chi connectivity index (χ1) is 12.4. The quantitative estimate of drug-likeness (QED) is 0.830. The van der Waals surface area contributed by atoms with E-state index in [0.29, 0.717) is 42.8 Å². The van der Waals surface area contributed by atoms with Gasteiger partial charge in [0.05, 0.1) is 28.8 Å². The topological polar surface area (TPSA) is 70.0 Å². The Morgan fingerprint density at radius 2 is 1.96 bits per heavy atom. The molecule has 2 aromatic rings. The summed E-state index contributed by atoms with van der Waals surface area (Å²) >= 11 is 12.0. The standard InChI is InChI=1S/C19H19Cl2NO4/c20-16-4-1-12(8-17(16)21)7-13-10-22(5-6-26-11-13)19(25)15-3-2-14(23)9-18(15)24/h1-4,8-9,13,23-24H,5-7,10-11H2. The molecule has 1 amide bonds. The van der Waals surface area contributed by atoms with E-state index in [4.69, 9.17) is 27.9 Å². The molecule has 138 valence electrons. The number of hydrogen-bond donors (Lipinski definition) is 2. The van der Waals surface area contributed by atoms with Crippen molar-refractivity contribution in [2.45, 2.75) is 6.42 Å². The highest BCUT2D eigenvalue weighted by Crippen LogP contribution is 2.26. The number of benzene rings is 2. The van der Waals surface area contributed by atoms with Crippen LogP contribution in [0, 0.1) is 5.92 Å². The zero-order chi connectivity index (χ0) is 18.7. The summed E-state index contributed by atoms with van der Waals surface area (Å²) in [4.78, 5) is 14.4. The van der Waals surface area contributed by atoms with Crippen LogP contribution < -0.4 is 0 Å². The third-order valence-electron chi connectivity index (χ3n) is 4.35. The third kappa shape index (κ3) is 4.41. The molecule has 2 N–H and O–H groups in total. The fourth-order valence-electron chi connectivity index (χ4n) is 3.06. The number of ether oxygens (including phenoxy) is 1. The fraction of sp³-hybridized carbons (Fsp3) is 0.316. The van der Waals surface area contributed by atoms with Gasteiger partial charge in [-0.1, -0.05) is 29.3 Å². The number of aromatic hydroxyl groups is 2. The maximum atomic E-state index is 12.8. The highest BCUT2D eigenvalue weighted by Gasteiger charge is 2.25. The van der Waals surface area contributed by atoms with Crippen molar-refractivity contribution < 1.29 is 19.7 Å². The second-order valence-corrected chi connectivity index (χ2v) is 7.16. The average molecular weight is 396 g/mol. The van der Waals surface area contributed by atoms with Crippen molar-refractivity contribution in [2.75, 3.05) is 26.3 Å². The van der Waals surface area contributed by atoms with Crippen LogP contribution in [0.5, 0.6) is 11.5 Å². The van der Waals surface area contributed by atoms with E-state index in [0.717, 1.165) is 11.6 Å². The van der Waals surface area contributed by atoms with E-state index in [2.05, 4.69) is 0 Å². The van der Waals surface area contributed by atoms with Crippen LogP contribution >= 0.6 is 23.2 Å². The maximum absolute atomic E-state index is 12.8. The molecule has 0 spiro atoms. The van der Waals surface area contributed by atoms with Gasteiger partial charge in [-0.25, -0.2) is 0 Å². The Balaban J connectivity index is 1.74. The van der Waals surface area contributed by atoms with E-state index in [1.807, 2.05) is 12.1 Å². The van der Waals surface area contributed by atoms with Crippen LogP contribution in [-0.4, -0.2) is 47.3 Å². The van der Waals surface area contributed by atoms with Crippen LogP contribution in [0.15, 0.2) is 36.4 Å². The van der Waals surface area contributed by atoms with Crippen LogP contribution in [0.1, 0.15) is 15.9 Å². The lowest BCUT2D eigenvalue weighted by Crippen LogP contribution is -2.36. The Morgan fingerprint density at radius 3 is 2.69 bits per heavy atom. The van der Waals surface area contributed by atoms with Crippen molar-refractivity contribution in [3.8, 4) is 11.5 Å². The number of carbonyl (C=O) groups excluding carboxylic acids is 1. The third-order valence-corrected chi connectivity index (χ3v) is 5.08. The molecule has 1 saturated heterocycles. The van der Waals surface area contributed by atoms with Crippen LogP contribution in [-0.2, 0) is 11.2 Å². The van der Waals surface area contributed by atoms with Gasteiger partial charge in [-0.15, -0.1) is 0 Å². The number of amides is 1. The lowest BCUT2D eigenvalue weighted by molar-refractivity contribution is 0.0734. The van der Waals surface area contributed by atoms with Crippen molar-refractivity contribution in [3.63, 3.8) is 0 Å². The Bertz CT molecular complexity index is 812. The number of phenols is 2. The summed E-state index contributed by atoms with van der Waals surface area (Å²) in [6.45, 7) is 1.91. The van der Waals surface area contributed by atoms with Crippen LogP contribution in [0.3, 0.4) is 0 Å². The van der Waals surface area contributed by atoms with Gasteiger partial charge in [-0.05, 0) is 36.2 Å². The fourth-order valence-corrected chi connectivity index (χ4v) is 3.38. The predicted molar refractivity (Wildman–Crippen MR) is 100 cm³/mol. The molecule has 0 bridgehead atoms. The first-order valence-corrected chi connectivity index (χ1v) is 9.02. The van der Waals surface area contributed by atoms with Gasteiger partial charge in [0.15, 0.2) is 0 Å². The molecule has 5 nitrogen and oxygen atoms in total. The first kappa shape index (κ1) is 18.8. The molecule has 1 atom stereocenters. The predicted octanol–water partition coefficient (Wildman–Crippen LogP) is 3.74. The number of carbonyl (C=O) groups is 1. The first-order valence-electron chi connectivity index (χ1n) is 8.27. The smallest absolute Gasteiger partial charge is 0.257 e. The van der Waals surface area contributed by atoms with E-state index < -0.39 is 0 Å². The van der Waals surface area contributed by atoms with E-state index in [-0.39, 0.29) is 28.9 Å². The Labute approximate surface area is 161 Å². The summed E-state index contributed by atoms with van der Waals surface area (Å²) in [5, 5.41) is 20.4. The molecule has 1 fully saturated rings. The minimum Gasteiger partial charge on any atom is -0.508 e. The summed E-state index contributed by atoms with van der Waals surface area (Å²) in [5.74, 6) is -0.512. The summed E-state index contributed by atoms with van der Waals surface area (Å²) in [6, 6.07) is 9.47. The molecule has 2 aromatic carbocycles. The van der Waals surface area contributed by atoms with E-state index in [1.165, 1.54) is 12.1 Å². The van der Waals surface area contributed by atoms with Crippen molar-refractivity contribution in [1.29, 1.82) is 0 Å². The molecule has 1 aliphatic heterocycles. The number of rotatable bonds is 3. The largest absolute Gasteiger partial charge is 0.508 e. The number of phenolic OH excluding ortho intramolecular Hbond substituents is 2. The van der Waals surface area contributed by atoms with Gasteiger partial charge >= 0.3 is 0 Å². The van der Waals surface area contributed by atoms with E-state index >= 15 is 0 Å². The number of nitrogens with zero attached hydrogens (tertiary/aromatic N) is 1. The van der Waals surface area contributed by atoms with E-state index in [1.54, 1.807) is 11.0 Å². The molecule has 3 rings (SSSR count). The molecule has 26 heavy (non-hydrogen) atoms. The van der Waals surface area contributed by atoms with Gasteiger partial charge < -0.3 is 19.8 Å². The minimum atomic E-state index is -0.285. The molecule has 0 aliphatic carbocycles. The van der Waals surface area contributed by atoms with Gasteiger partial charge in [-0.3, -0.25) is 4.79 Å². The summed E-state index contributed by atoms with van der Waals surface area (Å²) < 4.78 is 5.64. The van der Waals surface area contributed by atoms with Crippen molar-refractivity contribution >= 4 is 29.1 Å². The molecule has 1 unspecified atom stereocenters. The normalized spacial score (nSPS) is 17.8. The van der Waals surface area contributed by atoms with Crippen molar-refractivity contribution in [1.82, 2.24) is 4.90 Å². The minimum absolute atomic E-state index is 0.0873. The van der Waals surface area contributed by atoms with Gasteiger partial charge in [-0.2, -0.15) is 0 Å². The highest BCUT2D eigenvalue weighted by atomic mass is 35.5.